The van der Waals surface area contributed by atoms with E-state index in [0.29, 0.717) is 12.5 Å². The van der Waals surface area contributed by atoms with Crippen molar-refractivity contribution in [2.45, 2.75) is 12.2 Å². The lowest BCUT2D eigenvalue weighted by molar-refractivity contribution is -0.158. The second-order valence-electron chi connectivity index (χ2n) is 4.32. The van der Waals surface area contributed by atoms with Crippen LogP contribution in [0.15, 0.2) is 30.3 Å². The minimum atomic E-state index is -4.25. The predicted molar refractivity (Wildman–Crippen MR) is 59.6 cm³/mol. The van der Waals surface area contributed by atoms with Gasteiger partial charge in [0.1, 0.15) is 6.04 Å². The second-order valence-corrected chi connectivity index (χ2v) is 4.32. The molecule has 1 aromatic carbocycles. The van der Waals surface area contributed by atoms with Crippen molar-refractivity contribution in [3.63, 3.8) is 0 Å². The first-order valence-electron chi connectivity index (χ1n) is 5.63. The van der Waals surface area contributed by atoms with Crippen LogP contribution in [-0.2, 0) is 0 Å². The van der Waals surface area contributed by atoms with Gasteiger partial charge in [-0.1, -0.05) is 30.3 Å². The fourth-order valence-electron chi connectivity index (χ4n) is 1.85. The molecule has 1 aromatic rings. The van der Waals surface area contributed by atoms with Crippen molar-refractivity contribution in [1.82, 2.24) is 10.6 Å². The van der Waals surface area contributed by atoms with Crippen LogP contribution in [0.2, 0.25) is 0 Å². The van der Waals surface area contributed by atoms with Crippen molar-refractivity contribution < 1.29 is 13.2 Å². The first-order chi connectivity index (χ1) is 8.07. The number of benzene rings is 1. The highest BCUT2D eigenvalue weighted by Crippen LogP contribution is 2.32. The summed E-state index contributed by atoms with van der Waals surface area (Å²) in [4.78, 5) is 0. The minimum Gasteiger partial charge on any atom is -0.316 e. The molecule has 0 spiro atoms. The molecule has 0 aromatic heterocycles. The molecular formula is C12H15F3N2. The van der Waals surface area contributed by atoms with Gasteiger partial charge in [-0.15, -0.1) is 0 Å². The van der Waals surface area contributed by atoms with Gasteiger partial charge in [0, 0.05) is 19.6 Å². The van der Waals surface area contributed by atoms with Crippen molar-refractivity contribution >= 4 is 0 Å². The topological polar surface area (TPSA) is 24.1 Å². The van der Waals surface area contributed by atoms with Crippen molar-refractivity contribution in [3.05, 3.63) is 35.9 Å². The highest BCUT2D eigenvalue weighted by molar-refractivity contribution is 5.20. The van der Waals surface area contributed by atoms with Crippen molar-refractivity contribution in [3.8, 4) is 0 Å². The number of nitrogens with one attached hydrogen (secondary N) is 2. The predicted octanol–water partition coefficient (Wildman–Crippen LogP) is 2.10. The van der Waals surface area contributed by atoms with Gasteiger partial charge in [-0.05, 0) is 11.5 Å². The Morgan fingerprint density at radius 1 is 1.24 bits per heavy atom. The van der Waals surface area contributed by atoms with Gasteiger partial charge in [0.25, 0.3) is 0 Å². The van der Waals surface area contributed by atoms with Gasteiger partial charge in [-0.2, -0.15) is 13.2 Å². The summed E-state index contributed by atoms with van der Waals surface area (Å²) in [6.45, 7) is 1.99. The standard InChI is InChI=1S/C12H15F3N2/c13-12(14,15)11(10-4-2-1-3-5-10)17-8-9-6-16-7-9/h1-5,9,11,16-17H,6-8H2. The number of rotatable bonds is 4. The van der Waals surface area contributed by atoms with Crippen molar-refractivity contribution in [1.29, 1.82) is 0 Å². The highest BCUT2D eigenvalue weighted by atomic mass is 19.4. The van der Waals surface area contributed by atoms with Gasteiger partial charge >= 0.3 is 6.18 Å². The van der Waals surface area contributed by atoms with Gasteiger partial charge in [0.05, 0.1) is 0 Å². The minimum absolute atomic E-state index is 0.271. The van der Waals surface area contributed by atoms with E-state index >= 15 is 0 Å². The quantitative estimate of drug-likeness (QED) is 0.847. The van der Waals surface area contributed by atoms with Crippen LogP contribution in [0.1, 0.15) is 11.6 Å². The zero-order valence-electron chi connectivity index (χ0n) is 9.30. The Bertz CT molecular complexity index is 347. The molecule has 1 fully saturated rings. The third kappa shape index (κ3) is 3.20. The molecule has 0 bridgehead atoms. The average Bonchev–Trinajstić information content (AvgIpc) is 2.21. The largest absolute Gasteiger partial charge is 0.407 e. The Balaban J connectivity index is 2.03. The first kappa shape index (κ1) is 12.4. The Morgan fingerprint density at radius 2 is 1.88 bits per heavy atom. The van der Waals surface area contributed by atoms with Crippen LogP contribution >= 0.6 is 0 Å². The summed E-state index contributed by atoms with van der Waals surface area (Å²) in [6, 6.07) is 6.41. The molecule has 0 radical (unpaired) electrons. The molecule has 1 saturated heterocycles. The average molecular weight is 244 g/mol. The monoisotopic (exact) mass is 244 g/mol. The van der Waals surface area contributed by atoms with Crippen LogP contribution in [0.4, 0.5) is 13.2 Å². The van der Waals surface area contributed by atoms with Gasteiger partial charge in [-0.25, -0.2) is 0 Å². The molecule has 1 aliphatic heterocycles. The number of hydrogen-bond donors (Lipinski definition) is 2. The van der Waals surface area contributed by atoms with Crippen LogP contribution in [0.3, 0.4) is 0 Å². The lowest BCUT2D eigenvalue weighted by Crippen LogP contribution is -2.49. The molecular weight excluding hydrogens is 229 g/mol. The Labute approximate surface area is 98.2 Å². The molecule has 17 heavy (non-hydrogen) atoms. The Hall–Kier alpha value is -1.07. The summed E-state index contributed by atoms with van der Waals surface area (Å²) in [6.07, 6.45) is -4.25. The summed E-state index contributed by atoms with van der Waals surface area (Å²) in [5.74, 6) is 0.309. The van der Waals surface area contributed by atoms with Crippen LogP contribution < -0.4 is 10.6 Å². The van der Waals surface area contributed by atoms with Crippen LogP contribution in [-0.4, -0.2) is 25.8 Å². The molecule has 2 N–H and O–H groups in total. The van der Waals surface area contributed by atoms with E-state index in [9.17, 15) is 13.2 Å². The highest BCUT2D eigenvalue weighted by Gasteiger charge is 2.40. The van der Waals surface area contributed by atoms with E-state index < -0.39 is 12.2 Å². The van der Waals surface area contributed by atoms with Gasteiger partial charge < -0.3 is 10.6 Å². The molecule has 5 heteroatoms. The molecule has 94 valence electrons. The summed E-state index contributed by atoms with van der Waals surface area (Å²) in [5, 5.41) is 5.66. The van der Waals surface area contributed by atoms with E-state index in [-0.39, 0.29) is 5.56 Å². The molecule has 1 atom stereocenters. The van der Waals surface area contributed by atoms with Gasteiger partial charge in [0.15, 0.2) is 0 Å². The molecule has 0 amide bonds. The molecule has 1 aliphatic rings. The second kappa shape index (κ2) is 5.06. The fourth-order valence-corrected chi connectivity index (χ4v) is 1.85. The molecule has 1 heterocycles. The molecule has 0 aliphatic carbocycles. The lowest BCUT2D eigenvalue weighted by atomic mass is 10.0. The summed E-state index contributed by atoms with van der Waals surface area (Å²) < 4.78 is 38.7. The van der Waals surface area contributed by atoms with E-state index in [4.69, 9.17) is 0 Å². The first-order valence-corrected chi connectivity index (χ1v) is 5.63. The van der Waals surface area contributed by atoms with E-state index in [0.717, 1.165) is 13.1 Å². The number of alkyl halides is 3. The molecule has 2 rings (SSSR count). The Kier molecular flexibility index (Phi) is 3.69. The summed E-state index contributed by atoms with van der Waals surface area (Å²) in [7, 11) is 0. The zero-order chi connectivity index (χ0) is 12.3. The lowest BCUT2D eigenvalue weighted by Gasteiger charge is -2.30. The van der Waals surface area contributed by atoms with Crippen molar-refractivity contribution in [2.24, 2.45) is 5.92 Å². The Morgan fingerprint density at radius 3 is 2.35 bits per heavy atom. The zero-order valence-corrected chi connectivity index (χ0v) is 9.30. The normalized spacial score (nSPS) is 18.8. The summed E-state index contributed by atoms with van der Waals surface area (Å²) in [5.41, 5.74) is 0.271. The van der Waals surface area contributed by atoms with Crippen molar-refractivity contribution in [2.75, 3.05) is 19.6 Å². The third-order valence-corrected chi connectivity index (χ3v) is 2.94. The maximum absolute atomic E-state index is 12.9. The summed E-state index contributed by atoms with van der Waals surface area (Å²) >= 11 is 0. The SMILES string of the molecule is FC(F)(F)C(NCC1CNC1)c1ccccc1. The van der Waals surface area contributed by atoms with Crippen LogP contribution in [0, 0.1) is 5.92 Å². The van der Waals surface area contributed by atoms with Gasteiger partial charge in [0.2, 0.25) is 0 Å². The van der Waals surface area contributed by atoms with E-state index in [1.54, 1.807) is 18.2 Å². The van der Waals surface area contributed by atoms with E-state index in [1.165, 1.54) is 12.1 Å². The van der Waals surface area contributed by atoms with E-state index in [2.05, 4.69) is 10.6 Å². The smallest absolute Gasteiger partial charge is 0.316 e. The van der Waals surface area contributed by atoms with Gasteiger partial charge in [-0.3, -0.25) is 0 Å². The maximum Gasteiger partial charge on any atom is 0.407 e. The number of halogens is 3. The molecule has 0 saturated carbocycles. The fraction of sp³-hybridized carbons (Fsp3) is 0.500. The molecule has 1 unspecified atom stereocenters. The number of hydrogen-bond acceptors (Lipinski definition) is 2. The molecule has 2 nitrogen and oxygen atoms in total. The van der Waals surface area contributed by atoms with Crippen LogP contribution in [0.25, 0.3) is 0 Å². The van der Waals surface area contributed by atoms with Crippen LogP contribution in [0.5, 0.6) is 0 Å². The third-order valence-electron chi connectivity index (χ3n) is 2.94. The maximum atomic E-state index is 12.9. The van der Waals surface area contributed by atoms with E-state index in [1.807, 2.05) is 0 Å².